The predicted octanol–water partition coefficient (Wildman–Crippen LogP) is 2.52. The van der Waals surface area contributed by atoms with Crippen LogP contribution in [0.4, 0.5) is 0 Å². The zero-order valence-electron chi connectivity index (χ0n) is 7.31. The van der Waals surface area contributed by atoms with Crippen molar-refractivity contribution in [3.8, 4) is 11.4 Å². The van der Waals surface area contributed by atoms with E-state index >= 15 is 0 Å². The highest BCUT2D eigenvalue weighted by Gasteiger charge is 2.01. The van der Waals surface area contributed by atoms with Crippen LogP contribution < -0.4 is 0 Å². The van der Waals surface area contributed by atoms with Gasteiger partial charge in [0.15, 0.2) is 0 Å². The number of aromatic hydroxyl groups is 1. The molecule has 0 aliphatic heterocycles. The summed E-state index contributed by atoms with van der Waals surface area (Å²) in [5.41, 5.74) is 1.64. The van der Waals surface area contributed by atoms with Gasteiger partial charge in [-0.1, -0.05) is 19.6 Å². The minimum absolute atomic E-state index is 0. The van der Waals surface area contributed by atoms with Crippen LogP contribution in [0.5, 0.6) is 5.75 Å². The molecule has 1 N–H and O–H groups in total. The minimum Gasteiger partial charge on any atom is -0.506 e. The Bertz CT molecular complexity index is 421. The molecule has 0 saturated carbocycles. The summed E-state index contributed by atoms with van der Waals surface area (Å²) in [5, 5.41) is 13.7. The molecular weight excluding hydrogens is 176 g/mol. The Morgan fingerprint density at radius 3 is 2.50 bits per heavy atom. The summed E-state index contributed by atoms with van der Waals surface area (Å²) < 4.78 is 1.66. The summed E-state index contributed by atoms with van der Waals surface area (Å²) in [6.45, 7) is 1.91. The zero-order chi connectivity index (χ0) is 9.26. The highest BCUT2D eigenvalue weighted by Crippen LogP contribution is 2.19. The SMILES string of the molecule is C.Cc1ccn(-c2ccccc2O)n1. The normalized spacial score (nSPS) is 9.50. The Morgan fingerprint density at radius 1 is 1.21 bits per heavy atom. The molecule has 1 aromatic heterocycles. The van der Waals surface area contributed by atoms with Crippen molar-refractivity contribution >= 4 is 0 Å². The molecule has 0 bridgehead atoms. The van der Waals surface area contributed by atoms with E-state index < -0.39 is 0 Å². The molecule has 14 heavy (non-hydrogen) atoms. The number of rotatable bonds is 1. The number of aromatic nitrogens is 2. The third-order valence-corrected chi connectivity index (χ3v) is 1.85. The molecule has 0 saturated heterocycles. The van der Waals surface area contributed by atoms with Crippen LogP contribution in [0.15, 0.2) is 36.5 Å². The van der Waals surface area contributed by atoms with E-state index in [-0.39, 0.29) is 13.2 Å². The molecule has 3 heteroatoms. The van der Waals surface area contributed by atoms with Crippen molar-refractivity contribution in [1.82, 2.24) is 9.78 Å². The van der Waals surface area contributed by atoms with Crippen LogP contribution in [0.1, 0.15) is 13.1 Å². The zero-order valence-corrected chi connectivity index (χ0v) is 7.31. The van der Waals surface area contributed by atoms with Gasteiger partial charge in [-0.15, -0.1) is 0 Å². The maximum Gasteiger partial charge on any atom is 0.141 e. The Balaban J connectivity index is 0.000000980. The van der Waals surface area contributed by atoms with E-state index in [0.29, 0.717) is 5.69 Å². The average molecular weight is 190 g/mol. The Labute approximate surface area is 83.6 Å². The van der Waals surface area contributed by atoms with E-state index in [1.807, 2.05) is 31.3 Å². The molecule has 1 heterocycles. The Kier molecular flexibility index (Phi) is 2.92. The topological polar surface area (TPSA) is 38.0 Å². The molecular formula is C11H14N2O. The first-order valence-electron chi connectivity index (χ1n) is 4.08. The van der Waals surface area contributed by atoms with Gasteiger partial charge in [-0.2, -0.15) is 5.10 Å². The Hall–Kier alpha value is -1.77. The summed E-state index contributed by atoms with van der Waals surface area (Å²) in [6.07, 6.45) is 1.82. The van der Waals surface area contributed by atoms with Crippen LogP contribution in [0.2, 0.25) is 0 Å². The van der Waals surface area contributed by atoms with Crippen molar-refractivity contribution in [2.45, 2.75) is 14.4 Å². The van der Waals surface area contributed by atoms with Crippen LogP contribution in [0, 0.1) is 6.92 Å². The predicted molar refractivity (Wildman–Crippen MR) is 56.7 cm³/mol. The lowest BCUT2D eigenvalue weighted by Gasteiger charge is -2.02. The molecule has 3 nitrogen and oxygen atoms in total. The van der Waals surface area contributed by atoms with E-state index in [1.54, 1.807) is 16.8 Å². The van der Waals surface area contributed by atoms with Crippen molar-refractivity contribution in [2.75, 3.05) is 0 Å². The fourth-order valence-electron chi connectivity index (χ4n) is 1.21. The average Bonchev–Trinajstić information content (AvgIpc) is 2.53. The highest BCUT2D eigenvalue weighted by molar-refractivity contribution is 5.44. The van der Waals surface area contributed by atoms with Crippen LogP contribution in [-0.4, -0.2) is 14.9 Å². The lowest BCUT2D eigenvalue weighted by Crippen LogP contribution is -1.94. The van der Waals surface area contributed by atoms with Gasteiger partial charge in [0.05, 0.1) is 5.69 Å². The molecule has 74 valence electrons. The Morgan fingerprint density at radius 2 is 1.93 bits per heavy atom. The van der Waals surface area contributed by atoms with Crippen molar-refractivity contribution in [3.63, 3.8) is 0 Å². The lowest BCUT2D eigenvalue weighted by molar-refractivity contribution is 0.470. The number of benzene rings is 1. The number of phenolic OH excluding ortho intramolecular Hbond substituents is 1. The van der Waals surface area contributed by atoms with E-state index in [9.17, 15) is 5.11 Å². The highest BCUT2D eigenvalue weighted by atomic mass is 16.3. The van der Waals surface area contributed by atoms with Crippen molar-refractivity contribution in [2.24, 2.45) is 0 Å². The van der Waals surface area contributed by atoms with Crippen molar-refractivity contribution in [3.05, 3.63) is 42.2 Å². The second-order valence-corrected chi connectivity index (χ2v) is 2.89. The monoisotopic (exact) mass is 190 g/mol. The van der Waals surface area contributed by atoms with Crippen LogP contribution in [0.25, 0.3) is 5.69 Å². The van der Waals surface area contributed by atoms with Gasteiger partial charge in [-0.3, -0.25) is 0 Å². The summed E-state index contributed by atoms with van der Waals surface area (Å²) in [4.78, 5) is 0. The number of hydrogen-bond donors (Lipinski definition) is 1. The van der Waals surface area contributed by atoms with Crippen LogP contribution in [-0.2, 0) is 0 Å². The number of hydrogen-bond acceptors (Lipinski definition) is 2. The van der Waals surface area contributed by atoms with Gasteiger partial charge in [-0.25, -0.2) is 4.68 Å². The first-order chi connectivity index (χ1) is 6.27. The van der Waals surface area contributed by atoms with E-state index in [4.69, 9.17) is 0 Å². The number of para-hydroxylation sites is 2. The molecule has 0 atom stereocenters. The van der Waals surface area contributed by atoms with Gasteiger partial charge < -0.3 is 5.11 Å². The van der Waals surface area contributed by atoms with Crippen molar-refractivity contribution in [1.29, 1.82) is 0 Å². The summed E-state index contributed by atoms with van der Waals surface area (Å²) in [6, 6.07) is 9.02. The first-order valence-corrected chi connectivity index (χ1v) is 4.08. The maximum atomic E-state index is 9.51. The number of aryl methyl sites for hydroxylation is 1. The molecule has 0 aliphatic rings. The van der Waals surface area contributed by atoms with Crippen LogP contribution >= 0.6 is 0 Å². The maximum absolute atomic E-state index is 9.51. The molecule has 2 aromatic rings. The van der Waals surface area contributed by atoms with E-state index in [2.05, 4.69) is 5.10 Å². The second-order valence-electron chi connectivity index (χ2n) is 2.89. The van der Waals surface area contributed by atoms with Gasteiger partial charge in [0.2, 0.25) is 0 Å². The van der Waals surface area contributed by atoms with Gasteiger partial charge in [-0.05, 0) is 25.1 Å². The van der Waals surface area contributed by atoms with Gasteiger partial charge >= 0.3 is 0 Å². The summed E-state index contributed by atoms with van der Waals surface area (Å²) >= 11 is 0. The molecule has 2 rings (SSSR count). The van der Waals surface area contributed by atoms with Crippen LogP contribution in [0.3, 0.4) is 0 Å². The largest absolute Gasteiger partial charge is 0.506 e. The standard InChI is InChI=1S/C10H10N2O.CH4/c1-8-6-7-12(11-8)9-4-2-3-5-10(9)13;/h2-7,13H,1H3;1H4. The smallest absolute Gasteiger partial charge is 0.141 e. The summed E-state index contributed by atoms with van der Waals surface area (Å²) in [5.74, 6) is 0.241. The molecule has 0 unspecified atom stereocenters. The van der Waals surface area contributed by atoms with E-state index in [1.165, 1.54) is 0 Å². The number of phenols is 1. The molecule has 0 radical (unpaired) electrons. The fraction of sp³-hybridized carbons (Fsp3) is 0.182. The third kappa shape index (κ3) is 1.76. The van der Waals surface area contributed by atoms with Gasteiger partial charge in [0.25, 0.3) is 0 Å². The second kappa shape index (κ2) is 3.96. The molecule has 0 spiro atoms. The molecule has 0 fully saturated rings. The van der Waals surface area contributed by atoms with Gasteiger partial charge in [0, 0.05) is 6.20 Å². The third-order valence-electron chi connectivity index (χ3n) is 1.85. The first kappa shape index (κ1) is 10.3. The van der Waals surface area contributed by atoms with Crippen molar-refractivity contribution < 1.29 is 5.11 Å². The van der Waals surface area contributed by atoms with E-state index in [0.717, 1.165) is 5.69 Å². The lowest BCUT2D eigenvalue weighted by atomic mass is 10.3. The number of nitrogens with zero attached hydrogens (tertiary/aromatic N) is 2. The molecule has 0 amide bonds. The molecule has 0 aliphatic carbocycles. The fourth-order valence-corrected chi connectivity index (χ4v) is 1.21. The van der Waals surface area contributed by atoms with Gasteiger partial charge in [0.1, 0.15) is 11.4 Å². The molecule has 1 aromatic carbocycles. The quantitative estimate of drug-likeness (QED) is 0.750. The summed E-state index contributed by atoms with van der Waals surface area (Å²) in [7, 11) is 0. The minimum atomic E-state index is 0.